The molecule has 3 nitrogen and oxygen atoms in total. The van der Waals surface area contributed by atoms with Gasteiger partial charge in [-0.15, -0.1) is 0 Å². The van der Waals surface area contributed by atoms with Crippen LogP contribution in [0.1, 0.15) is 16.7 Å². The van der Waals surface area contributed by atoms with Crippen LogP contribution >= 0.6 is 0 Å². The van der Waals surface area contributed by atoms with E-state index < -0.39 is 0 Å². The van der Waals surface area contributed by atoms with E-state index in [-0.39, 0.29) is 0 Å². The number of ether oxygens (including phenoxy) is 1. The molecule has 1 aliphatic heterocycles. The summed E-state index contributed by atoms with van der Waals surface area (Å²) in [7, 11) is 1.72. The molecular weight excluding hydrogens is 284 g/mol. The van der Waals surface area contributed by atoms with Gasteiger partial charge in [0.25, 0.3) is 0 Å². The standard InChI is InChI=1S/C20H26N2O/c1-17-4-3-5-19(14-17)16-22-12-10-21(11-13-22)15-18-6-8-20(23-2)9-7-18/h3-9,14H,10-13,15-16H2,1-2H3/p+2. The first-order valence-corrected chi connectivity index (χ1v) is 8.58. The molecule has 23 heavy (non-hydrogen) atoms. The molecule has 0 aromatic heterocycles. The SMILES string of the molecule is COc1ccc(C[NH+]2CC[NH+](Cc3cccc(C)c3)CC2)cc1. The fourth-order valence-electron chi connectivity index (χ4n) is 3.45. The number of hydrogen-bond acceptors (Lipinski definition) is 1. The van der Waals surface area contributed by atoms with Gasteiger partial charge in [0.2, 0.25) is 0 Å². The Morgan fingerprint density at radius 2 is 1.43 bits per heavy atom. The number of piperazine rings is 1. The highest BCUT2D eigenvalue weighted by molar-refractivity contribution is 5.26. The van der Waals surface area contributed by atoms with E-state index in [1.165, 1.54) is 42.9 Å². The molecule has 2 N–H and O–H groups in total. The molecule has 1 fully saturated rings. The predicted octanol–water partition coefficient (Wildman–Crippen LogP) is 0.487. The zero-order valence-electron chi connectivity index (χ0n) is 14.3. The van der Waals surface area contributed by atoms with Crippen molar-refractivity contribution in [3.63, 3.8) is 0 Å². The highest BCUT2D eigenvalue weighted by atomic mass is 16.5. The van der Waals surface area contributed by atoms with Crippen molar-refractivity contribution in [1.29, 1.82) is 0 Å². The van der Waals surface area contributed by atoms with Gasteiger partial charge in [0.15, 0.2) is 0 Å². The molecule has 122 valence electrons. The summed E-state index contributed by atoms with van der Waals surface area (Å²) in [6.45, 7) is 9.51. The molecule has 0 saturated carbocycles. The summed E-state index contributed by atoms with van der Waals surface area (Å²) in [5.41, 5.74) is 4.24. The number of rotatable bonds is 5. The minimum atomic E-state index is 0.941. The average Bonchev–Trinajstić information content (AvgIpc) is 2.57. The van der Waals surface area contributed by atoms with Crippen molar-refractivity contribution in [1.82, 2.24) is 0 Å². The van der Waals surface area contributed by atoms with Gasteiger partial charge in [-0.05, 0) is 31.2 Å². The second kappa shape index (κ2) is 7.62. The Morgan fingerprint density at radius 3 is 2.00 bits per heavy atom. The highest BCUT2D eigenvalue weighted by Gasteiger charge is 2.23. The third-order valence-electron chi connectivity index (χ3n) is 4.81. The van der Waals surface area contributed by atoms with E-state index in [0.717, 1.165) is 18.8 Å². The Balaban J connectivity index is 1.48. The minimum Gasteiger partial charge on any atom is -0.497 e. The normalized spacial score (nSPS) is 21.1. The number of quaternary nitrogens is 2. The molecule has 0 spiro atoms. The van der Waals surface area contributed by atoms with Gasteiger partial charge in [-0.2, -0.15) is 0 Å². The number of aryl methyl sites for hydroxylation is 1. The Morgan fingerprint density at radius 1 is 0.826 bits per heavy atom. The van der Waals surface area contributed by atoms with Crippen LogP contribution in [0.4, 0.5) is 0 Å². The average molecular weight is 312 g/mol. The van der Waals surface area contributed by atoms with Gasteiger partial charge in [-0.25, -0.2) is 0 Å². The summed E-state index contributed by atoms with van der Waals surface area (Å²) in [5.74, 6) is 0.941. The Kier molecular flexibility index (Phi) is 5.31. The van der Waals surface area contributed by atoms with Crippen LogP contribution in [-0.4, -0.2) is 33.3 Å². The van der Waals surface area contributed by atoms with Gasteiger partial charge < -0.3 is 14.5 Å². The molecule has 3 heteroatoms. The Labute approximate surface area is 139 Å². The molecule has 0 unspecified atom stereocenters. The summed E-state index contributed by atoms with van der Waals surface area (Å²) in [6.07, 6.45) is 0. The van der Waals surface area contributed by atoms with E-state index in [9.17, 15) is 0 Å². The Bertz CT molecular complexity index is 616. The van der Waals surface area contributed by atoms with Gasteiger partial charge >= 0.3 is 0 Å². The first-order valence-electron chi connectivity index (χ1n) is 8.58. The molecule has 0 radical (unpaired) electrons. The van der Waals surface area contributed by atoms with E-state index in [1.807, 2.05) is 0 Å². The molecule has 1 aliphatic rings. The maximum absolute atomic E-state index is 5.23. The lowest BCUT2D eigenvalue weighted by atomic mass is 10.1. The first-order chi connectivity index (χ1) is 11.2. The predicted molar refractivity (Wildman–Crippen MR) is 93.0 cm³/mol. The molecule has 0 aliphatic carbocycles. The molecule has 0 atom stereocenters. The van der Waals surface area contributed by atoms with E-state index in [0.29, 0.717) is 0 Å². The molecule has 0 bridgehead atoms. The molecule has 1 saturated heterocycles. The van der Waals surface area contributed by atoms with Crippen LogP contribution in [0.25, 0.3) is 0 Å². The van der Waals surface area contributed by atoms with Crippen molar-refractivity contribution in [2.75, 3.05) is 33.3 Å². The fourth-order valence-corrected chi connectivity index (χ4v) is 3.45. The van der Waals surface area contributed by atoms with Crippen LogP contribution in [0.2, 0.25) is 0 Å². The number of benzene rings is 2. The van der Waals surface area contributed by atoms with Crippen molar-refractivity contribution in [3.05, 3.63) is 65.2 Å². The Hall–Kier alpha value is -1.84. The number of nitrogens with one attached hydrogen (secondary N) is 2. The zero-order valence-corrected chi connectivity index (χ0v) is 14.3. The summed E-state index contributed by atoms with van der Waals surface area (Å²) >= 11 is 0. The third kappa shape index (κ3) is 4.57. The minimum absolute atomic E-state index is 0.941. The van der Waals surface area contributed by atoms with Gasteiger partial charge in [0.1, 0.15) is 45.0 Å². The molecule has 0 amide bonds. The smallest absolute Gasteiger partial charge is 0.127 e. The summed E-state index contributed by atoms with van der Waals surface area (Å²) < 4.78 is 5.23. The summed E-state index contributed by atoms with van der Waals surface area (Å²) in [6, 6.07) is 17.4. The van der Waals surface area contributed by atoms with Crippen molar-refractivity contribution in [2.24, 2.45) is 0 Å². The lowest BCUT2D eigenvalue weighted by Crippen LogP contribution is -3.27. The van der Waals surface area contributed by atoms with Crippen LogP contribution < -0.4 is 14.5 Å². The van der Waals surface area contributed by atoms with E-state index >= 15 is 0 Å². The lowest BCUT2D eigenvalue weighted by molar-refractivity contribution is -1.02. The second-order valence-electron chi connectivity index (χ2n) is 6.69. The van der Waals surface area contributed by atoms with Crippen molar-refractivity contribution >= 4 is 0 Å². The van der Waals surface area contributed by atoms with E-state index in [2.05, 4.69) is 55.5 Å². The van der Waals surface area contributed by atoms with E-state index in [4.69, 9.17) is 4.74 Å². The summed E-state index contributed by atoms with van der Waals surface area (Å²) in [4.78, 5) is 3.41. The third-order valence-corrected chi connectivity index (χ3v) is 4.81. The number of hydrogen-bond donors (Lipinski definition) is 2. The summed E-state index contributed by atoms with van der Waals surface area (Å²) in [5, 5.41) is 0. The van der Waals surface area contributed by atoms with Crippen molar-refractivity contribution < 1.29 is 14.5 Å². The second-order valence-corrected chi connectivity index (χ2v) is 6.69. The van der Waals surface area contributed by atoms with Crippen LogP contribution in [-0.2, 0) is 13.1 Å². The quantitative estimate of drug-likeness (QED) is 0.822. The van der Waals surface area contributed by atoms with Crippen molar-refractivity contribution in [3.8, 4) is 5.75 Å². The maximum Gasteiger partial charge on any atom is 0.127 e. The lowest BCUT2D eigenvalue weighted by Gasteiger charge is -2.29. The highest BCUT2D eigenvalue weighted by Crippen LogP contribution is 2.10. The van der Waals surface area contributed by atoms with Gasteiger partial charge in [0, 0.05) is 11.1 Å². The molecule has 2 aromatic carbocycles. The zero-order chi connectivity index (χ0) is 16.1. The van der Waals surface area contributed by atoms with Crippen LogP contribution in [0.3, 0.4) is 0 Å². The van der Waals surface area contributed by atoms with E-state index in [1.54, 1.807) is 16.9 Å². The first kappa shape index (κ1) is 16.0. The van der Waals surface area contributed by atoms with Crippen molar-refractivity contribution in [2.45, 2.75) is 20.0 Å². The fraction of sp³-hybridized carbons (Fsp3) is 0.400. The maximum atomic E-state index is 5.23. The molecule has 1 heterocycles. The monoisotopic (exact) mass is 312 g/mol. The van der Waals surface area contributed by atoms with Gasteiger partial charge in [-0.3, -0.25) is 0 Å². The topological polar surface area (TPSA) is 18.1 Å². The number of methoxy groups -OCH3 is 1. The van der Waals surface area contributed by atoms with Gasteiger partial charge in [-0.1, -0.05) is 29.8 Å². The molecular formula is C20H28N2O+2. The van der Waals surface area contributed by atoms with Crippen LogP contribution in [0, 0.1) is 6.92 Å². The van der Waals surface area contributed by atoms with Crippen LogP contribution in [0.15, 0.2) is 48.5 Å². The van der Waals surface area contributed by atoms with Gasteiger partial charge in [0.05, 0.1) is 7.11 Å². The molecule has 2 aromatic rings. The van der Waals surface area contributed by atoms with Crippen LogP contribution in [0.5, 0.6) is 5.75 Å². The largest absolute Gasteiger partial charge is 0.497 e. The molecule has 3 rings (SSSR count).